The second kappa shape index (κ2) is 9.67. The van der Waals surface area contributed by atoms with Crippen molar-refractivity contribution < 1.29 is 22.8 Å². The van der Waals surface area contributed by atoms with Crippen molar-refractivity contribution in [2.45, 2.75) is 69.3 Å². The van der Waals surface area contributed by atoms with Crippen molar-refractivity contribution >= 4 is 15.5 Å². The molecule has 0 saturated heterocycles. The van der Waals surface area contributed by atoms with E-state index in [0.717, 1.165) is 37.8 Å². The molecular weight excluding hydrogens is 433 g/mol. The summed E-state index contributed by atoms with van der Waals surface area (Å²) in [6.07, 6.45) is 3.02. The van der Waals surface area contributed by atoms with E-state index in [0.29, 0.717) is 18.4 Å². The van der Waals surface area contributed by atoms with Crippen molar-refractivity contribution in [3.63, 3.8) is 0 Å². The molecule has 3 rings (SSSR count). The van der Waals surface area contributed by atoms with Crippen molar-refractivity contribution in [2.24, 2.45) is 5.41 Å². The molecule has 6 nitrogen and oxygen atoms in total. The summed E-state index contributed by atoms with van der Waals surface area (Å²) in [4.78, 5) is 10.8. The van der Waals surface area contributed by atoms with Gasteiger partial charge in [-0.05, 0) is 42.2 Å². The minimum Gasteiger partial charge on any atom is -0.392 e. The number of sulfone groups is 1. The molecule has 1 aliphatic rings. The number of halogens is 1. The van der Waals surface area contributed by atoms with Crippen LogP contribution in [-0.4, -0.2) is 30.3 Å². The number of aliphatic hydroxyl groups is 1. The fraction of sp³-hybridized carbons (Fsp3) is 0.500. The lowest BCUT2D eigenvalue weighted by atomic mass is 9.68. The van der Waals surface area contributed by atoms with Gasteiger partial charge in [0.05, 0.1) is 21.7 Å². The SMILES string of the molecule is CCCCC1(CCCC)CS(=O)(=O)c2ccc(F)cc2C(c2cccc([N+](=O)[O-])c2)C1O. The Bertz CT molecular complexity index is 1080. The van der Waals surface area contributed by atoms with Crippen LogP contribution < -0.4 is 0 Å². The third-order valence-corrected chi connectivity index (χ3v) is 8.56. The third kappa shape index (κ3) is 4.71. The molecule has 1 N–H and O–H groups in total. The van der Waals surface area contributed by atoms with Crippen LogP contribution in [0.2, 0.25) is 0 Å². The number of hydrogen-bond donors (Lipinski definition) is 1. The highest BCUT2D eigenvalue weighted by Gasteiger charge is 2.49. The molecule has 0 spiro atoms. The smallest absolute Gasteiger partial charge is 0.269 e. The number of non-ortho nitro benzene ring substituents is 1. The molecule has 2 aromatic rings. The number of unbranched alkanes of at least 4 members (excludes halogenated alkanes) is 2. The van der Waals surface area contributed by atoms with E-state index in [9.17, 15) is 28.0 Å². The van der Waals surface area contributed by atoms with E-state index in [2.05, 4.69) is 0 Å². The van der Waals surface area contributed by atoms with Crippen LogP contribution in [0.15, 0.2) is 47.4 Å². The molecule has 0 bridgehead atoms. The predicted octanol–water partition coefficient (Wildman–Crippen LogP) is 5.38. The molecular formula is C24H30FNO5S. The predicted molar refractivity (Wildman–Crippen MR) is 121 cm³/mol. The highest BCUT2D eigenvalue weighted by Crippen LogP contribution is 2.49. The monoisotopic (exact) mass is 463 g/mol. The molecule has 0 aromatic heterocycles. The first-order valence-corrected chi connectivity index (χ1v) is 12.7. The van der Waals surface area contributed by atoms with Gasteiger partial charge in [0, 0.05) is 23.5 Å². The van der Waals surface area contributed by atoms with Crippen molar-refractivity contribution in [3.05, 3.63) is 69.5 Å². The molecule has 0 amide bonds. The Kier molecular flexibility index (Phi) is 7.35. The summed E-state index contributed by atoms with van der Waals surface area (Å²) < 4.78 is 41.3. The Balaban J connectivity index is 2.30. The van der Waals surface area contributed by atoms with Crippen LogP contribution in [0.5, 0.6) is 0 Å². The van der Waals surface area contributed by atoms with Gasteiger partial charge in [0.25, 0.3) is 5.69 Å². The van der Waals surface area contributed by atoms with Gasteiger partial charge in [-0.1, -0.05) is 51.7 Å². The number of aliphatic hydroxyl groups excluding tert-OH is 1. The first-order valence-electron chi connectivity index (χ1n) is 11.1. The molecule has 1 aliphatic heterocycles. The molecule has 1 heterocycles. The van der Waals surface area contributed by atoms with E-state index in [1.165, 1.54) is 24.3 Å². The quantitative estimate of drug-likeness (QED) is 0.322. The Morgan fingerprint density at radius 1 is 1.12 bits per heavy atom. The molecule has 2 atom stereocenters. The van der Waals surface area contributed by atoms with Gasteiger partial charge in [-0.15, -0.1) is 0 Å². The molecule has 2 unspecified atom stereocenters. The lowest BCUT2D eigenvalue weighted by molar-refractivity contribution is -0.384. The fourth-order valence-electron chi connectivity index (χ4n) is 4.93. The summed E-state index contributed by atoms with van der Waals surface area (Å²) in [5.74, 6) is -1.74. The Morgan fingerprint density at radius 2 is 1.78 bits per heavy atom. The Hall–Kier alpha value is -2.32. The average molecular weight is 464 g/mol. The number of nitrogens with zero attached hydrogens (tertiary/aromatic N) is 1. The van der Waals surface area contributed by atoms with E-state index in [1.807, 2.05) is 13.8 Å². The van der Waals surface area contributed by atoms with Crippen LogP contribution in [0.3, 0.4) is 0 Å². The van der Waals surface area contributed by atoms with Crippen molar-refractivity contribution in [3.8, 4) is 0 Å². The van der Waals surface area contributed by atoms with Gasteiger partial charge < -0.3 is 5.11 Å². The van der Waals surface area contributed by atoms with Gasteiger partial charge in [-0.3, -0.25) is 10.1 Å². The Labute approximate surface area is 188 Å². The van der Waals surface area contributed by atoms with E-state index in [-0.39, 0.29) is 21.9 Å². The second-order valence-corrected chi connectivity index (χ2v) is 10.7. The van der Waals surface area contributed by atoms with E-state index < -0.39 is 38.0 Å². The van der Waals surface area contributed by atoms with Gasteiger partial charge in [0.1, 0.15) is 5.82 Å². The number of nitro groups is 1. The lowest BCUT2D eigenvalue weighted by Gasteiger charge is -2.40. The van der Waals surface area contributed by atoms with Crippen LogP contribution in [0.1, 0.15) is 69.4 Å². The van der Waals surface area contributed by atoms with E-state index >= 15 is 0 Å². The lowest BCUT2D eigenvalue weighted by Crippen LogP contribution is -2.43. The van der Waals surface area contributed by atoms with Crippen LogP contribution >= 0.6 is 0 Å². The number of hydrogen-bond acceptors (Lipinski definition) is 5. The number of rotatable bonds is 8. The van der Waals surface area contributed by atoms with E-state index in [1.54, 1.807) is 6.07 Å². The standard InChI is InChI=1S/C24H30FNO5S/c1-3-5-12-24(13-6-4-2)16-32(30,31)21-11-10-18(25)15-20(21)22(23(24)27)17-8-7-9-19(14-17)26(28)29/h7-11,14-15,22-23,27H,3-6,12-13,16H2,1-2H3. The number of fused-ring (bicyclic) bond motifs is 1. The third-order valence-electron chi connectivity index (χ3n) is 6.56. The van der Waals surface area contributed by atoms with Crippen LogP contribution in [0.25, 0.3) is 0 Å². The minimum atomic E-state index is -3.82. The minimum absolute atomic E-state index is 0.00988. The summed E-state index contributed by atoms with van der Waals surface area (Å²) >= 11 is 0. The van der Waals surface area contributed by atoms with Gasteiger partial charge in [0.15, 0.2) is 9.84 Å². The number of benzene rings is 2. The summed E-state index contributed by atoms with van der Waals surface area (Å²) in [5.41, 5.74) is -0.524. The first kappa shape index (κ1) is 24.3. The highest BCUT2D eigenvalue weighted by atomic mass is 32.2. The van der Waals surface area contributed by atoms with E-state index in [4.69, 9.17) is 0 Å². The summed E-state index contributed by atoms with van der Waals surface area (Å²) in [5, 5.41) is 23.2. The topological polar surface area (TPSA) is 97.5 Å². The molecule has 0 saturated carbocycles. The average Bonchev–Trinajstić information content (AvgIpc) is 2.82. The molecule has 2 aromatic carbocycles. The van der Waals surface area contributed by atoms with Crippen LogP contribution in [0.4, 0.5) is 10.1 Å². The maximum Gasteiger partial charge on any atom is 0.269 e. The summed E-state index contributed by atoms with van der Waals surface area (Å²) in [6.45, 7) is 4.01. The number of nitro benzene ring substituents is 1. The summed E-state index contributed by atoms with van der Waals surface area (Å²) in [7, 11) is -3.82. The van der Waals surface area contributed by atoms with Crippen molar-refractivity contribution in [1.82, 2.24) is 0 Å². The fourth-order valence-corrected chi connectivity index (χ4v) is 7.12. The summed E-state index contributed by atoms with van der Waals surface area (Å²) in [6, 6.07) is 9.36. The van der Waals surface area contributed by atoms with Gasteiger partial charge >= 0.3 is 0 Å². The van der Waals surface area contributed by atoms with Crippen LogP contribution in [0, 0.1) is 21.3 Å². The van der Waals surface area contributed by atoms with Crippen molar-refractivity contribution in [2.75, 3.05) is 5.75 Å². The van der Waals surface area contributed by atoms with Crippen LogP contribution in [-0.2, 0) is 9.84 Å². The molecule has 0 radical (unpaired) electrons. The largest absolute Gasteiger partial charge is 0.392 e. The van der Waals surface area contributed by atoms with Crippen molar-refractivity contribution in [1.29, 1.82) is 0 Å². The molecule has 0 aliphatic carbocycles. The molecule has 8 heteroatoms. The normalized spacial score (nSPS) is 21.5. The molecule has 174 valence electrons. The zero-order chi connectivity index (χ0) is 23.5. The Morgan fingerprint density at radius 3 is 2.38 bits per heavy atom. The zero-order valence-corrected chi connectivity index (χ0v) is 19.3. The maximum absolute atomic E-state index is 14.3. The van der Waals surface area contributed by atoms with Gasteiger partial charge in [-0.25, -0.2) is 12.8 Å². The zero-order valence-electron chi connectivity index (χ0n) is 18.5. The maximum atomic E-state index is 14.3. The van der Waals surface area contributed by atoms with Gasteiger partial charge in [0.2, 0.25) is 0 Å². The van der Waals surface area contributed by atoms with Gasteiger partial charge in [-0.2, -0.15) is 0 Å². The first-order chi connectivity index (χ1) is 15.1. The molecule has 0 fully saturated rings. The molecule has 32 heavy (non-hydrogen) atoms. The highest BCUT2D eigenvalue weighted by molar-refractivity contribution is 7.91. The second-order valence-electron chi connectivity index (χ2n) is 8.79.